The third kappa shape index (κ3) is 5.66. The Morgan fingerprint density at radius 3 is 1.81 bits per heavy atom. The smallest absolute Gasteiger partial charge is 0.253 e. The van der Waals surface area contributed by atoms with Crippen LogP contribution < -0.4 is 10.2 Å². The molecule has 5 nitrogen and oxygen atoms in total. The zero-order valence-corrected chi connectivity index (χ0v) is 19.7. The van der Waals surface area contributed by atoms with Crippen molar-refractivity contribution in [2.75, 3.05) is 36.4 Å². The van der Waals surface area contributed by atoms with Crippen LogP contribution in [0.3, 0.4) is 0 Å². The van der Waals surface area contributed by atoms with Crippen LogP contribution in [-0.2, 0) is 10.2 Å². The van der Waals surface area contributed by atoms with Gasteiger partial charge >= 0.3 is 0 Å². The number of amides is 2. The van der Waals surface area contributed by atoms with Crippen LogP contribution in [0.15, 0.2) is 48.5 Å². The molecule has 2 aromatic carbocycles. The number of nitrogens with one attached hydrogen (secondary N) is 1. The van der Waals surface area contributed by atoms with Crippen molar-refractivity contribution >= 4 is 23.2 Å². The SMILES string of the molecule is CC(C)(C)C(=O)Nc1ccc(N2CCN(C(=O)c3ccc(C(C)(C)C)cc3)CC2)cc1. The first-order valence-electron chi connectivity index (χ1n) is 11.0. The molecule has 0 atom stereocenters. The first kappa shape index (κ1) is 22.9. The lowest BCUT2D eigenvalue weighted by molar-refractivity contribution is -0.123. The minimum absolute atomic E-state index is 0.00269. The van der Waals surface area contributed by atoms with Gasteiger partial charge in [-0.2, -0.15) is 0 Å². The van der Waals surface area contributed by atoms with Crippen molar-refractivity contribution in [3.05, 3.63) is 59.7 Å². The van der Waals surface area contributed by atoms with Crippen molar-refractivity contribution in [2.24, 2.45) is 5.41 Å². The van der Waals surface area contributed by atoms with E-state index < -0.39 is 5.41 Å². The summed E-state index contributed by atoms with van der Waals surface area (Å²) >= 11 is 0. The maximum absolute atomic E-state index is 12.9. The van der Waals surface area contributed by atoms with Gasteiger partial charge in [0.05, 0.1) is 0 Å². The van der Waals surface area contributed by atoms with Gasteiger partial charge in [0.15, 0.2) is 0 Å². The Labute approximate surface area is 186 Å². The predicted molar refractivity (Wildman–Crippen MR) is 128 cm³/mol. The summed E-state index contributed by atoms with van der Waals surface area (Å²) < 4.78 is 0. The van der Waals surface area contributed by atoms with Crippen molar-refractivity contribution < 1.29 is 9.59 Å². The second-order valence-electron chi connectivity index (χ2n) is 10.4. The number of rotatable bonds is 3. The lowest BCUT2D eigenvalue weighted by Gasteiger charge is -2.36. The van der Waals surface area contributed by atoms with Crippen LogP contribution in [0.25, 0.3) is 0 Å². The van der Waals surface area contributed by atoms with E-state index in [0.717, 1.165) is 30.0 Å². The van der Waals surface area contributed by atoms with Crippen molar-refractivity contribution in [2.45, 2.75) is 47.0 Å². The quantitative estimate of drug-likeness (QED) is 0.764. The molecule has 2 amide bonds. The normalized spacial score (nSPS) is 15.0. The molecule has 166 valence electrons. The van der Waals surface area contributed by atoms with Crippen molar-refractivity contribution in [1.29, 1.82) is 0 Å². The fourth-order valence-electron chi connectivity index (χ4n) is 3.54. The van der Waals surface area contributed by atoms with E-state index in [9.17, 15) is 9.59 Å². The summed E-state index contributed by atoms with van der Waals surface area (Å²) in [5.74, 6) is 0.100. The van der Waals surface area contributed by atoms with Gasteiger partial charge in [-0.25, -0.2) is 0 Å². The minimum Gasteiger partial charge on any atom is -0.368 e. The lowest BCUT2D eigenvalue weighted by Crippen LogP contribution is -2.48. The third-order valence-electron chi connectivity index (χ3n) is 5.74. The van der Waals surface area contributed by atoms with Gasteiger partial charge < -0.3 is 15.1 Å². The Kier molecular flexibility index (Phi) is 6.44. The van der Waals surface area contributed by atoms with Crippen LogP contribution in [0, 0.1) is 5.41 Å². The maximum Gasteiger partial charge on any atom is 0.253 e. The van der Waals surface area contributed by atoms with E-state index in [-0.39, 0.29) is 17.2 Å². The predicted octanol–water partition coefficient (Wildman–Crippen LogP) is 4.93. The van der Waals surface area contributed by atoms with Gasteiger partial charge in [0, 0.05) is 48.5 Å². The number of hydrogen-bond donors (Lipinski definition) is 1. The number of benzene rings is 2. The summed E-state index contributed by atoms with van der Waals surface area (Å²) in [5.41, 5.74) is 3.55. The van der Waals surface area contributed by atoms with Gasteiger partial charge in [-0.3, -0.25) is 9.59 Å². The molecule has 1 saturated heterocycles. The van der Waals surface area contributed by atoms with Gasteiger partial charge in [0.25, 0.3) is 5.91 Å². The van der Waals surface area contributed by atoms with Gasteiger partial charge in [-0.15, -0.1) is 0 Å². The molecule has 31 heavy (non-hydrogen) atoms. The fourth-order valence-corrected chi connectivity index (χ4v) is 3.54. The largest absolute Gasteiger partial charge is 0.368 e. The molecule has 1 heterocycles. The second-order valence-corrected chi connectivity index (χ2v) is 10.4. The molecule has 1 fully saturated rings. The summed E-state index contributed by atoms with van der Waals surface area (Å²) in [7, 11) is 0. The summed E-state index contributed by atoms with van der Waals surface area (Å²) in [6.07, 6.45) is 0. The van der Waals surface area contributed by atoms with E-state index in [1.54, 1.807) is 0 Å². The average Bonchev–Trinajstić information content (AvgIpc) is 2.73. The molecule has 1 aliphatic heterocycles. The molecule has 1 aliphatic rings. The van der Waals surface area contributed by atoms with Crippen LogP contribution in [0.2, 0.25) is 0 Å². The standard InChI is InChI=1S/C26H35N3O2/c1-25(2,3)20-9-7-19(8-10-20)23(30)29-17-15-28(16-18-29)22-13-11-21(12-14-22)27-24(31)26(4,5)6/h7-14H,15-18H2,1-6H3,(H,27,31). The molecule has 0 radical (unpaired) electrons. The van der Waals surface area contributed by atoms with Crippen LogP contribution >= 0.6 is 0 Å². The molecule has 3 rings (SSSR count). The highest BCUT2D eigenvalue weighted by molar-refractivity contribution is 5.95. The molecular formula is C26H35N3O2. The molecule has 2 aromatic rings. The zero-order valence-electron chi connectivity index (χ0n) is 19.7. The van der Waals surface area contributed by atoms with E-state index in [0.29, 0.717) is 13.1 Å². The topological polar surface area (TPSA) is 52.7 Å². The van der Waals surface area contributed by atoms with Crippen LogP contribution in [-0.4, -0.2) is 42.9 Å². The average molecular weight is 422 g/mol. The fraction of sp³-hybridized carbons (Fsp3) is 0.462. The van der Waals surface area contributed by atoms with Crippen LogP contribution in [0.5, 0.6) is 0 Å². The minimum atomic E-state index is -0.422. The number of carbonyl (C=O) groups is 2. The number of piperazine rings is 1. The number of carbonyl (C=O) groups excluding carboxylic acids is 2. The summed E-state index contributed by atoms with van der Waals surface area (Å²) in [6, 6.07) is 15.9. The van der Waals surface area contributed by atoms with E-state index in [1.165, 1.54) is 5.56 Å². The highest BCUT2D eigenvalue weighted by Gasteiger charge is 2.24. The zero-order chi connectivity index (χ0) is 22.8. The molecule has 0 spiro atoms. The van der Waals surface area contributed by atoms with Gasteiger partial charge in [0.1, 0.15) is 0 Å². The Morgan fingerprint density at radius 2 is 1.32 bits per heavy atom. The number of hydrogen-bond acceptors (Lipinski definition) is 3. The van der Waals surface area contributed by atoms with E-state index in [1.807, 2.05) is 62.1 Å². The maximum atomic E-state index is 12.9. The van der Waals surface area contributed by atoms with E-state index in [4.69, 9.17) is 0 Å². The first-order chi connectivity index (χ1) is 14.4. The van der Waals surface area contributed by atoms with Crippen LogP contribution in [0.1, 0.15) is 57.5 Å². The molecule has 0 bridgehead atoms. The number of nitrogens with zero attached hydrogens (tertiary/aromatic N) is 2. The number of anilines is 2. The van der Waals surface area contributed by atoms with Crippen molar-refractivity contribution in [1.82, 2.24) is 4.90 Å². The Morgan fingerprint density at radius 1 is 0.774 bits per heavy atom. The first-order valence-corrected chi connectivity index (χ1v) is 11.0. The molecule has 5 heteroatoms. The molecule has 0 aromatic heterocycles. The molecule has 1 N–H and O–H groups in total. The van der Waals surface area contributed by atoms with Crippen molar-refractivity contribution in [3.63, 3.8) is 0 Å². The highest BCUT2D eigenvalue weighted by atomic mass is 16.2. The molecular weight excluding hydrogens is 386 g/mol. The monoisotopic (exact) mass is 421 g/mol. The Hall–Kier alpha value is -2.82. The van der Waals surface area contributed by atoms with Gasteiger partial charge in [0.2, 0.25) is 5.91 Å². The van der Waals surface area contributed by atoms with Gasteiger partial charge in [-0.05, 0) is 47.4 Å². The van der Waals surface area contributed by atoms with E-state index in [2.05, 4.69) is 43.1 Å². The van der Waals surface area contributed by atoms with Crippen LogP contribution in [0.4, 0.5) is 11.4 Å². The van der Waals surface area contributed by atoms with E-state index >= 15 is 0 Å². The Bertz CT molecular complexity index is 911. The summed E-state index contributed by atoms with van der Waals surface area (Å²) in [6.45, 7) is 15.2. The highest BCUT2D eigenvalue weighted by Crippen LogP contribution is 2.24. The second kappa shape index (κ2) is 8.74. The lowest BCUT2D eigenvalue weighted by atomic mass is 9.86. The molecule has 0 aliphatic carbocycles. The van der Waals surface area contributed by atoms with Crippen molar-refractivity contribution in [3.8, 4) is 0 Å². The summed E-state index contributed by atoms with van der Waals surface area (Å²) in [5, 5.41) is 2.95. The third-order valence-corrected chi connectivity index (χ3v) is 5.74. The van der Waals surface area contributed by atoms with Gasteiger partial charge in [-0.1, -0.05) is 53.7 Å². The molecule has 0 saturated carbocycles. The molecule has 0 unspecified atom stereocenters. The Balaban J connectivity index is 1.57. The summed E-state index contributed by atoms with van der Waals surface area (Å²) in [4.78, 5) is 29.3.